The fourth-order valence-corrected chi connectivity index (χ4v) is 4.80. The van der Waals surface area contributed by atoms with E-state index in [-0.39, 0.29) is 12.2 Å². The first-order valence-corrected chi connectivity index (χ1v) is 12.1. The molecule has 3 N–H and O–H groups in total. The topological polar surface area (TPSA) is 120 Å². The quantitative estimate of drug-likeness (QED) is 0.216. The van der Waals surface area contributed by atoms with Gasteiger partial charge in [-0.05, 0) is 74.4 Å². The Hall–Kier alpha value is -3.69. The summed E-state index contributed by atoms with van der Waals surface area (Å²) < 4.78 is 5.15. The maximum atomic E-state index is 13.2. The second-order valence-corrected chi connectivity index (χ2v) is 10.4. The third-order valence-corrected chi connectivity index (χ3v) is 6.66. The summed E-state index contributed by atoms with van der Waals surface area (Å²) in [4.78, 5) is 39.6. The summed E-state index contributed by atoms with van der Waals surface area (Å²) in [6.45, 7) is 4.86. The molecule has 188 valence electrons. The van der Waals surface area contributed by atoms with E-state index < -0.39 is 23.5 Å². The van der Waals surface area contributed by atoms with Crippen molar-refractivity contribution in [2.24, 2.45) is 0 Å². The minimum absolute atomic E-state index is 0.162. The smallest absolute Gasteiger partial charge is 0.414 e. The highest BCUT2D eigenvalue weighted by atomic mass is 35.5. The van der Waals surface area contributed by atoms with E-state index in [2.05, 4.69) is 5.32 Å². The monoisotopic (exact) mass is 527 g/mol. The fraction of sp³-hybridized carbons (Fsp3) is 0.231. The highest BCUT2D eigenvalue weighted by Gasteiger charge is 2.31. The molecule has 0 aliphatic heterocycles. The molecule has 2 amide bonds. The van der Waals surface area contributed by atoms with E-state index in [0.29, 0.717) is 31.7 Å². The van der Waals surface area contributed by atoms with Crippen LogP contribution in [-0.4, -0.2) is 46.4 Å². The van der Waals surface area contributed by atoms with Crippen LogP contribution >= 0.6 is 22.9 Å². The summed E-state index contributed by atoms with van der Waals surface area (Å²) in [6, 6.07) is 15.4. The fourth-order valence-electron chi connectivity index (χ4n) is 3.53. The minimum Gasteiger partial charge on any atom is -0.497 e. The zero-order chi connectivity index (χ0) is 26.6. The number of ketones is 1. The largest absolute Gasteiger partial charge is 0.497 e. The predicted octanol–water partition coefficient (Wildman–Crippen LogP) is 5.68. The summed E-state index contributed by atoms with van der Waals surface area (Å²) in [5.41, 5.74) is 0.894. The molecule has 0 unspecified atom stereocenters. The molecular weight excluding hydrogens is 502 g/mol. The van der Waals surface area contributed by atoms with Crippen molar-refractivity contribution in [3.05, 3.63) is 75.6 Å². The maximum absolute atomic E-state index is 13.2. The number of ether oxygens (including phenoxy) is 1. The van der Waals surface area contributed by atoms with Gasteiger partial charge < -0.3 is 9.84 Å². The number of guanidine groups is 1. The van der Waals surface area contributed by atoms with E-state index in [4.69, 9.17) is 21.7 Å². The van der Waals surface area contributed by atoms with Crippen molar-refractivity contribution >= 4 is 46.7 Å². The number of carbonyl (C=O) groups is 3. The molecule has 0 saturated heterocycles. The molecule has 2 aromatic carbocycles. The van der Waals surface area contributed by atoms with Crippen molar-refractivity contribution in [2.45, 2.75) is 32.7 Å². The molecule has 3 aromatic rings. The highest BCUT2D eigenvalue weighted by molar-refractivity contribution is 7.17. The number of hydrogen-bond acceptors (Lipinski definition) is 6. The van der Waals surface area contributed by atoms with E-state index in [0.717, 1.165) is 10.5 Å². The molecule has 0 aliphatic rings. The van der Waals surface area contributed by atoms with Crippen LogP contribution in [0.2, 0.25) is 5.02 Å². The van der Waals surface area contributed by atoms with Crippen LogP contribution in [0.15, 0.2) is 54.6 Å². The zero-order valence-electron chi connectivity index (χ0n) is 20.2. The number of amides is 2. The number of hydrogen-bond donors (Lipinski definition) is 3. The van der Waals surface area contributed by atoms with Gasteiger partial charge in [-0.3, -0.25) is 20.3 Å². The van der Waals surface area contributed by atoms with Crippen molar-refractivity contribution < 1.29 is 24.2 Å². The van der Waals surface area contributed by atoms with Crippen LogP contribution in [0.1, 0.15) is 41.6 Å². The van der Waals surface area contributed by atoms with Crippen LogP contribution < -0.4 is 10.1 Å². The van der Waals surface area contributed by atoms with E-state index >= 15 is 0 Å². The summed E-state index contributed by atoms with van der Waals surface area (Å²) in [7, 11) is 1.54. The first-order valence-electron chi connectivity index (χ1n) is 10.9. The predicted molar refractivity (Wildman–Crippen MR) is 140 cm³/mol. The van der Waals surface area contributed by atoms with E-state index in [1.54, 1.807) is 82.5 Å². The molecule has 0 fully saturated rings. The van der Waals surface area contributed by atoms with Gasteiger partial charge in [0.2, 0.25) is 17.6 Å². The molecule has 0 aliphatic carbocycles. The number of rotatable bonds is 6. The Kier molecular flexibility index (Phi) is 8.17. The van der Waals surface area contributed by atoms with E-state index in [9.17, 15) is 19.5 Å². The Morgan fingerprint density at radius 3 is 2.22 bits per heavy atom. The molecule has 0 radical (unpaired) electrons. The first-order chi connectivity index (χ1) is 16.9. The van der Waals surface area contributed by atoms with Gasteiger partial charge in [0.05, 0.1) is 18.4 Å². The van der Waals surface area contributed by atoms with Gasteiger partial charge in [-0.25, -0.2) is 9.69 Å². The molecule has 8 nitrogen and oxygen atoms in total. The third-order valence-electron chi connectivity index (χ3n) is 5.19. The van der Waals surface area contributed by atoms with Crippen LogP contribution in [0, 0.1) is 5.41 Å². The molecular formula is C26H26ClN3O5S. The standard InChI is InChI=1S/C26H26ClN3O5S/c1-26(2,3)30(25(33)34)24(28)29-21(31)14-17-13-20(22(32)15-7-11-19(35-4)12-8-15)36-23(17)16-5-9-18(27)10-6-16/h5-13H,14H2,1-4H3,(H,33,34)(H2,28,29,31). The van der Waals surface area contributed by atoms with Crippen molar-refractivity contribution in [1.82, 2.24) is 10.2 Å². The number of nitrogens with one attached hydrogen (secondary N) is 2. The number of nitrogens with zero attached hydrogens (tertiary/aromatic N) is 1. The average Bonchev–Trinajstić information content (AvgIpc) is 3.21. The average molecular weight is 528 g/mol. The van der Waals surface area contributed by atoms with Gasteiger partial charge in [-0.1, -0.05) is 23.7 Å². The second kappa shape index (κ2) is 10.9. The van der Waals surface area contributed by atoms with Crippen molar-refractivity contribution in [1.29, 1.82) is 5.41 Å². The third kappa shape index (κ3) is 6.30. The lowest BCUT2D eigenvalue weighted by atomic mass is 10.0. The molecule has 1 aromatic heterocycles. The van der Waals surface area contributed by atoms with Gasteiger partial charge in [-0.2, -0.15) is 0 Å². The molecule has 0 saturated carbocycles. The number of carboxylic acid groups (broad SMARTS) is 1. The Morgan fingerprint density at radius 2 is 1.69 bits per heavy atom. The summed E-state index contributed by atoms with van der Waals surface area (Å²) in [5, 5.41) is 20.5. The Morgan fingerprint density at radius 1 is 1.08 bits per heavy atom. The van der Waals surface area contributed by atoms with Crippen molar-refractivity contribution in [2.75, 3.05) is 7.11 Å². The molecule has 1 heterocycles. The van der Waals surface area contributed by atoms with E-state index in [1.165, 1.54) is 11.3 Å². The van der Waals surface area contributed by atoms with Gasteiger partial charge in [0.1, 0.15) is 5.75 Å². The first kappa shape index (κ1) is 26.9. The van der Waals surface area contributed by atoms with E-state index in [1.807, 2.05) is 0 Å². The molecule has 0 spiro atoms. The normalized spacial score (nSPS) is 11.0. The SMILES string of the molecule is COc1ccc(C(=O)c2cc(CC(=O)NC(=N)N(C(=O)O)C(C)(C)C)c(-c3ccc(Cl)cc3)s2)cc1. The van der Waals surface area contributed by atoms with Crippen LogP contribution in [0.5, 0.6) is 5.75 Å². The zero-order valence-corrected chi connectivity index (χ0v) is 21.8. The Bertz CT molecular complexity index is 1290. The van der Waals surface area contributed by atoms with Gasteiger partial charge in [-0.15, -0.1) is 11.3 Å². The summed E-state index contributed by atoms with van der Waals surface area (Å²) in [6.07, 6.45) is -1.51. The van der Waals surface area contributed by atoms with Gasteiger partial charge >= 0.3 is 6.09 Å². The number of halogens is 1. The molecule has 0 atom stereocenters. The molecule has 0 bridgehead atoms. The molecule has 10 heteroatoms. The van der Waals surface area contributed by atoms with Crippen LogP contribution in [0.4, 0.5) is 4.79 Å². The van der Waals surface area contributed by atoms with Gasteiger partial charge in [0, 0.05) is 21.0 Å². The molecule has 3 rings (SSSR count). The lowest BCUT2D eigenvalue weighted by Crippen LogP contribution is -2.54. The second-order valence-electron chi connectivity index (χ2n) is 8.89. The van der Waals surface area contributed by atoms with Crippen LogP contribution in [0.25, 0.3) is 10.4 Å². The number of benzene rings is 2. The number of methoxy groups -OCH3 is 1. The summed E-state index contributed by atoms with van der Waals surface area (Å²) >= 11 is 7.28. The van der Waals surface area contributed by atoms with Crippen LogP contribution in [-0.2, 0) is 11.2 Å². The van der Waals surface area contributed by atoms with Crippen LogP contribution in [0.3, 0.4) is 0 Å². The Labute approximate surface area is 218 Å². The lowest BCUT2D eigenvalue weighted by Gasteiger charge is -2.32. The van der Waals surface area contributed by atoms with Crippen molar-refractivity contribution in [3.8, 4) is 16.2 Å². The maximum Gasteiger partial charge on any atom is 0.414 e. The molecule has 36 heavy (non-hydrogen) atoms. The van der Waals surface area contributed by atoms with Gasteiger partial charge in [0.25, 0.3) is 0 Å². The Balaban J connectivity index is 1.92. The number of thiophene rings is 1. The summed E-state index contributed by atoms with van der Waals surface area (Å²) in [5.74, 6) is -0.697. The lowest BCUT2D eigenvalue weighted by molar-refractivity contribution is -0.119. The van der Waals surface area contributed by atoms with Gasteiger partial charge in [0.15, 0.2) is 0 Å². The highest BCUT2D eigenvalue weighted by Crippen LogP contribution is 2.35. The number of carbonyl (C=O) groups excluding carboxylic acids is 2. The van der Waals surface area contributed by atoms with Crippen molar-refractivity contribution in [3.63, 3.8) is 0 Å². The minimum atomic E-state index is -1.35.